The number of anilines is 1. The molecule has 2 rings (SSSR count). The van der Waals surface area contributed by atoms with Gasteiger partial charge in [-0.05, 0) is 32.9 Å². The molecule has 2 heterocycles. The minimum absolute atomic E-state index is 0.0646. The van der Waals surface area contributed by atoms with Crippen LogP contribution in [0.15, 0.2) is 23.5 Å². The van der Waals surface area contributed by atoms with Gasteiger partial charge in [0.2, 0.25) is 0 Å². The summed E-state index contributed by atoms with van der Waals surface area (Å²) in [7, 11) is 0. The van der Waals surface area contributed by atoms with Crippen molar-refractivity contribution in [2.45, 2.75) is 32.5 Å². The molecule has 1 aromatic rings. The lowest BCUT2D eigenvalue weighted by Gasteiger charge is -2.42. The monoisotopic (exact) mass is 264 g/mol. The molecular weight excluding hydrogens is 244 g/mol. The Bertz CT molecular complexity index is 470. The summed E-state index contributed by atoms with van der Waals surface area (Å²) < 4.78 is 5.86. The van der Waals surface area contributed by atoms with Crippen molar-refractivity contribution >= 4 is 11.7 Å². The summed E-state index contributed by atoms with van der Waals surface area (Å²) in [4.78, 5) is 6.55. The lowest BCUT2D eigenvalue weighted by molar-refractivity contribution is -0.0751. The highest BCUT2D eigenvalue weighted by Crippen LogP contribution is 2.24. The molecule has 0 radical (unpaired) electrons. The van der Waals surface area contributed by atoms with Crippen LogP contribution in [-0.4, -0.2) is 40.8 Å². The van der Waals surface area contributed by atoms with E-state index in [1.807, 2.05) is 6.07 Å². The molecular formula is C13H20N4O2. The lowest BCUT2D eigenvalue weighted by Crippen LogP contribution is -2.52. The number of ether oxygens (including phenoxy) is 1. The van der Waals surface area contributed by atoms with E-state index >= 15 is 0 Å². The molecule has 6 heteroatoms. The van der Waals surface area contributed by atoms with Crippen LogP contribution in [0.1, 0.15) is 26.3 Å². The molecule has 1 unspecified atom stereocenters. The second kappa shape index (κ2) is 5.05. The molecule has 1 aromatic heterocycles. The number of rotatable bonds is 2. The molecule has 6 nitrogen and oxygen atoms in total. The Kier molecular flexibility index (Phi) is 3.61. The summed E-state index contributed by atoms with van der Waals surface area (Å²) in [5.74, 6) is 0.937. The van der Waals surface area contributed by atoms with Gasteiger partial charge < -0.3 is 20.6 Å². The van der Waals surface area contributed by atoms with Gasteiger partial charge in [-0.25, -0.2) is 4.98 Å². The Hall–Kier alpha value is -1.82. The van der Waals surface area contributed by atoms with E-state index in [0.29, 0.717) is 5.56 Å². The maximum absolute atomic E-state index is 8.62. The van der Waals surface area contributed by atoms with Crippen molar-refractivity contribution in [3.05, 3.63) is 23.9 Å². The normalized spacial score (nSPS) is 23.4. The Morgan fingerprint density at radius 1 is 1.58 bits per heavy atom. The summed E-state index contributed by atoms with van der Waals surface area (Å²) in [6, 6.07) is 3.67. The SMILES string of the molecule is CC1CN(c2ccc(C(N)=NO)cn2)CC(C)(C)O1. The first-order chi connectivity index (χ1) is 8.91. The van der Waals surface area contributed by atoms with Crippen molar-refractivity contribution in [3.63, 3.8) is 0 Å². The molecule has 0 saturated carbocycles. The van der Waals surface area contributed by atoms with E-state index in [1.165, 1.54) is 0 Å². The number of pyridine rings is 1. The van der Waals surface area contributed by atoms with Crippen LogP contribution in [0.5, 0.6) is 0 Å². The molecule has 0 aliphatic carbocycles. The maximum Gasteiger partial charge on any atom is 0.171 e. The van der Waals surface area contributed by atoms with Crippen LogP contribution in [0.2, 0.25) is 0 Å². The highest BCUT2D eigenvalue weighted by molar-refractivity contribution is 5.96. The lowest BCUT2D eigenvalue weighted by atomic mass is 10.1. The number of amidine groups is 1. The van der Waals surface area contributed by atoms with Crippen LogP contribution in [0, 0.1) is 0 Å². The molecule has 0 bridgehead atoms. The Morgan fingerprint density at radius 2 is 2.32 bits per heavy atom. The van der Waals surface area contributed by atoms with E-state index in [-0.39, 0.29) is 17.5 Å². The summed E-state index contributed by atoms with van der Waals surface area (Å²) in [6.45, 7) is 7.78. The first kappa shape index (κ1) is 13.6. The minimum Gasteiger partial charge on any atom is -0.409 e. The molecule has 0 amide bonds. The quantitative estimate of drug-likeness (QED) is 0.363. The number of hydrogen-bond acceptors (Lipinski definition) is 5. The Balaban J connectivity index is 2.18. The van der Waals surface area contributed by atoms with Gasteiger partial charge in [0.1, 0.15) is 5.82 Å². The fourth-order valence-corrected chi connectivity index (χ4v) is 2.41. The Morgan fingerprint density at radius 3 is 2.84 bits per heavy atom. The van der Waals surface area contributed by atoms with Gasteiger partial charge >= 0.3 is 0 Å². The Labute approximate surface area is 112 Å². The predicted molar refractivity (Wildman–Crippen MR) is 73.6 cm³/mol. The molecule has 0 spiro atoms. The third kappa shape index (κ3) is 3.14. The van der Waals surface area contributed by atoms with Crippen LogP contribution in [0.3, 0.4) is 0 Å². The van der Waals surface area contributed by atoms with E-state index in [2.05, 4.69) is 35.8 Å². The largest absolute Gasteiger partial charge is 0.409 e. The van der Waals surface area contributed by atoms with Gasteiger partial charge in [-0.3, -0.25) is 0 Å². The second-order valence-corrected chi connectivity index (χ2v) is 5.46. The number of hydrogen-bond donors (Lipinski definition) is 2. The molecule has 104 valence electrons. The zero-order valence-corrected chi connectivity index (χ0v) is 11.5. The highest BCUT2D eigenvalue weighted by atomic mass is 16.5. The number of nitrogens with zero attached hydrogens (tertiary/aromatic N) is 3. The van der Waals surface area contributed by atoms with Crippen molar-refractivity contribution in [2.24, 2.45) is 10.9 Å². The second-order valence-electron chi connectivity index (χ2n) is 5.46. The van der Waals surface area contributed by atoms with Crippen LogP contribution in [-0.2, 0) is 4.74 Å². The number of nitrogens with two attached hydrogens (primary N) is 1. The van der Waals surface area contributed by atoms with Crippen molar-refractivity contribution in [1.29, 1.82) is 0 Å². The van der Waals surface area contributed by atoms with E-state index in [1.54, 1.807) is 12.3 Å². The molecule has 1 fully saturated rings. The molecule has 1 aliphatic heterocycles. The van der Waals surface area contributed by atoms with Crippen LogP contribution in [0.25, 0.3) is 0 Å². The fraction of sp³-hybridized carbons (Fsp3) is 0.538. The van der Waals surface area contributed by atoms with E-state index in [0.717, 1.165) is 18.9 Å². The topological polar surface area (TPSA) is 84.0 Å². The molecule has 1 saturated heterocycles. The average molecular weight is 264 g/mol. The predicted octanol–water partition coefficient (Wildman–Crippen LogP) is 1.18. The van der Waals surface area contributed by atoms with E-state index < -0.39 is 0 Å². The molecule has 1 aliphatic rings. The van der Waals surface area contributed by atoms with Gasteiger partial charge in [0.05, 0.1) is 11.7 Å². The zero-order chi connectivity index (χ0) is 14.0. The molecule has 3 N–H and O–H groups in total. The summed E-state index contributed by atoms with van der Waals surface area (Å²) >= 11 is 0. The van der Waals surface area contributed by atoms with E-state index in [9.17, 15) is 0 Å². The van der Waals surface area contributed by atoms with Crippen molar-refractivity contribution in [2.75, 3.05) is 18.0 Å². The zero-order valence-electron chi connectivity index (χ0n) is 11.5. The smallest absolute Gasteiger partial charge is 0.171 e. The first-order valence-electron chi connectivity index (χ1n) is 6.28. The fourth-order valence-electron chi connectivity index (χ4n) is 2.41. The van der Waals surface area contributed by atoms with Gasteiger partial charge in [0.25, 0.3) is 0 Å². The summed E-state index contributed by atoms with van der Waals surface area (Å²) in [6.07, 6.45) is 1.77. The summed E-state index contributed by atoms with van der Waals surface area (Å²) in [5.41, 5.74) is 5.93. The van der Waals surface area contributed by atoms with E-state index in [4.69, 9.17) is 15.7 Å². The van der Waals surface area contributed by atoms with Crippen LogP contribution < -0.4 is 10.6 Å². The van der Waals surface area contributed by atoms with Gasteiger partial charge in [-0.2, -0.15) is 0 Å². The number of aromatic nitrogens is 1. The maximum atomic E-state index is 8.62. The van der Waals surface area contributed by atoms with Crippen molar-refractivity contribution in [3.8, 4) is 0 Å². The van der Waals surface area contributed by atoms with Gasteiger partial charge in [-0.1, -0.05) is 5.16 Å². The van der Waals surface area contributed by atoms with Crippen LogP contribution >= 0.6 is 0 Å². The molecule has 19 heavy (non-hydrogen) atoms. The third-order valence-corrected chi connectivity index (χ3v) is 3.04. The summed E-state index contributed by atoms with van der Waals surface area (Å²) in [5, 5.41) is 11.6. The van der Waals surface area contributed by atoms with Gasteiger partial charge in [0, 0.05) is 24.8 Å². The average Bonchev–Trinajstić information content (AvgIpc) is 2.35. The minimum atomic E-state index is -0.191. The highest BCUT2D eigenvalue weighted by Gasteiger charge is 2.31. The standard InChI is InChI=1S/C13H20N4O2/c1-9-7-17(8-13(2,3)19-9)11-5-4-10(6-15-11)12(14)16-18/h4-6,9,18H,7-8H2,1-3H3,(H2,14,16). The first-order valence-corrected chi connectivity index (χ1v) is 6.28. The molecule has 1 atom stereocenters. The molecule has 0 aromatic carbocycles. The van der Waals surface area contributed by atoms with Crippen molar-refractivity contribution < 1.29 is 9.94 Å². The third-order valence-electron chi connectivity index (χ3n) is 3.04. The van der Waals surface area contributed by atoms with Gasteiger partial charge in [-0.15, -0.1) is 0 Å². The van der Waals surface area contributed by atoms with Gasteiger partial charge in [0.15, 0.2) is 5.84 Å². The number of morpholine rings is 1. The van der Waals surface area contributed by atoms with Crippen molar-refractivity contribution in [1.82, 2.24) is 4.98 Å². The number of oxime groups is 1. The van der Waals surface area contributed by atoms with Crippen LogP contribution in [0.4, 0.5) is 5.82 Å².